The molecule has 0 aliphatic heterocycles. The minimum atomic E-state index is -0.599. The Morgan fingerprint density at radius 1 is 1.48 bits per heavy atom. The van der Waals surface area contributed by atoms with Crippen LogP contribution in [0.3, 0.4) is 0 Å². The van der Waals surface area contributed by atoms with Crippen LogP contribution >= 0.6 is 0 Å². The van der Waals surface area contributed by atoms with Crippen molar-refractivity contribution >= 4 is 5.97 Å². The number of hydrogen-bond donors (Lipinski definition) is 1. The Morgan fingerprint density at radius 3 is 2.71 bits per heavy atom. The first-order chi connectivity index (χ1) is 10.1. The maximum absolute atomic E-state index is 11.8. The second kappa shape index (κ2) is 7.10. The molecule has 0 saturated heterocycles. The minimum Gasteiger partial charge on any atom is -0.481 e. The lowest BCUT2D eigenvalue weighted by molar-refractivity contribution is -0.152. The van der Waals surface area contributed by atoms with Gasteiger partial charge in [-0.05, 0) is 50.5 Å². The Balaban J connectivity index is 1.93. The van der Waals surface area contributed by atoms with E-state index >= 15 is 0 Å². The molecule has 1 fully saturated rings. The van der Waals surface area contributed by atoms with Gasteiger partial charge in [0.25, 0.3) is 0 Å². The van der Waals surface area contributed by atoms with Crippen LogP contribution in [0.25, 0.3) is 0 Å². The van der Waals surface area contributed by atoms with E-state index in [0.717, 1.165) is 50.1 Å². The molecule has 1 saturated carbocycles. The molecule has 0 bridgehead atoms. The number of carboxylic acid groups (broad SMARTS) is 1. The molecule has 118 valence electrons. The first-order valence-electron chi connectivity index (χ1n) is 8.27. The third kappa shape index (κ3) is 3.86. The van der Waals surface area contributed by atoms with Crippen LogP contribution in [0.4, 0.5) is 0 Å². The van der Waals surface area contributed by atoms with E-state index in [-0.39, 0.29) is 0 Å². The van der Waals surface area contributed by atoms with Gasteiger partial charge in [-0.25, -0.2) is 0 Å². The lowest BCUT2D eigenvalue weighted by Crippen LogP contribution is -2.36. The summed E-state index contributed by atoms with van der Waals surface area (Å²) in [4.78, 5) is 11.8. The second-order valence-corrected chi connectivity index (χ2v) is 6.62. The first kappa shape index (κ1) is 16.1. The van der Waals surface area contributed by atoms with Crippen molar-refractivity contribution in [3.05, 3.63) is 18.0 Å². The maximum atomic E-state index is 11.8. The van der Waals surface area contributed by atoms with Crippen molar-refractivity contribution in [2.45, 2.75) is 64.7 Å². The summed E-state index contributed by atoms with van der Waals surface area (Å²) in [5.74, 6) is 0.146. The van der Waals surface area contributed by atoms with E-state index < -0.39 is 11.4 Å². The van der Waals surface area contributed by atoms with Crippen molar-refractivity contribution in [1.29, 1.82) is 0 Å². The molecular weight excluding hydrogens is 264 g/mol. The SMILES string of the molecule is CCCCC1CCC(CCc2ccnn2C)(C(=O)O)CC1. The van der Waals surface area contributed by atoms with Gasteiger partial charge in [-0.2, -0.15) is 5.10 Å². The van der Waals surface area contributed by atoms with Gasteiger partial charge < -0.3 is 5.11 Å². The molecule has 0 unspecified atom stereocenters. The quantitative estimate of drug-likeness (QED) is 0.831. The van der Waals surface area contributed by atoms with Crippen molar-refractivity contribution < 1.29 is 9.90 Å². The predicted octanol–water partition coefficient (Wildman–Crippen LogP) is 3.80. The van der Waals surface area contributed by atoms with Crippen LogP contribution in [0.1, 0.15) is 64.0 Å². The fourth-order valence-electron chi connectivity index (χ4n) is 3.60. The zero-order valence-electron chi connectivity index (χ0n) is 13.3. The molecule has 1 aromatic rings. The van der Waals surface area contributed by atoms with Crippen LogP contribution in [0.15, 0.2) is 12.3 Å². The molecule has 1 heterocycles. The zero-order valence-corrected chi connectivity index (χ0v) is 13.3. The number of aliphatic carboxylic acids is 1. The van der Waals surface area contributed by atoms with Gasteiger partial charge in [-0.15, -0.1) is 0 Å². The molecule has 4 nitrogen and oxygen atoms in total. The topological polar surface area (TPSA) is 55.1 Å². The Bertz CT molecular complexity index is 459. The van der Waals surface area contributed by atoms with Gasteiger partial charge in [0.1, 0.15) is 0 Å². The molecular formula is C17H28N2O2. The number of unbranched alkanes of at least 4 members (excludes halogenated alkanes) is 1. The van der Waals surface area contributed by atoms with Crippen LogP contribution in [0, 0.1) is 11.3 Å². The molecule has 2 rings (SSSR count). The van der Waals surface area contributed by atoms with E-state index in [1.165, 1.54) is 19.3 Å². The van der Waals surface area contributed by atoms with Crippen LogP contribution in [-0.4, -0.2) is 20.9 Å². The van der Waals surface area contributed by atoms with Crippen molar-refractivity contribution in [3.63, 3.8) is 0 Å². The van der Waals surface area contributed by atoms with Crippen molar-refractivity contribution in [1.82, 2.24) is 9.78 Å². The van der Waals surface area contributed by atoms with Crippen molar-refractivity contribution in [3.8, 4) is 0 Å². The van der Waals surface area contributed by atoms with Crippen molar-refractivity contribution in [2.24, 2.45) is 18.4 Å². The number of hydrogen-bond acceptors (Lipinski definition) is 2. The smallest absolute Gasteiger partial charge is 0.309 e. The standard InChI is InChI=1S/C17H28N2O2/c1-3-4-5-14-6-10-17(11-7-14,16(20)21)12-8-15-9-13-18-19(15)2/h9,13-14H,3-8,10-12H2,1-2H3,(H,20,21). The average Bonchev–Trinajstić information content (AvgIpc) is 2.89. The van der Waals surface area contributed by atoms with E-state index in [2.05, 4.69) is 12.0 Å². The average molecular weight is 292 g/mol. The van der Waals surface area contributed by atoms with E-state index in [9.17, 15) is 9.90 Å². The highest BCUT2D eigenvalue weighted by atomic mass is 16.4. The van der Waals surface area contributed by atoms with Crippen LogP contribution < -0.4 is 0 Å². The fraction of sp³-hybridized carbons (Fsp3) is 0.765. The summed E-state index contributed by atoms with van der Waals surface area (Å²) in [6, 6.07) is 1.99. The molecule has 0 amide bonds. The van der Waals surface area contributed by atoms with Gasteiger partial charge in [0.05, 0.1) is 5.41 Å². The zero-order chi connectivity index (χ0) is 15.3. The van der Waals surface area contributed by atoms with Crippen LogP contribution in [0.2, 0.25) is 0 Å². The second-order valence-electron chi connectivity index (χ2n) is 6.62. The first-order valence-corrected chi connectivity index (χ1v) is 8.27. The summed E-state index contributed by atoms with van der Waals surface area (Å²) in [6.07, 6.45) is 11.0. The molecule has 1 N–H and O–H groups in total. The number of carboxylic acids is 1. The molecule has 0 aromatic carbocycles. The van der Waals surface area contributed by atoms with E-state index in [4.69, 9.17) is 0 Å². The fourth-order valence-corrected chi connectivity index (χ4v) is 3.60. The van der Waals surface area contributed by atoms with Gasteiger partial charge in [-0.1, -0.05) is 26.2 Å². The normalized spacial score (nSPS) is 25.9. The van der Waals surface area contributed by atoms with E-state index in [0.29, 0.717) is 0 Å². The third-order valence-electron chi connectivity index (χ3n) is 5.26. The lowest BCUT2D eigenvalue weighted by Gasteiger charge is -2.37. The van der Waals surface area contributed by atoms with Gasteiger partial charge >= 0.3 is 5.97 Å². The number of nitrogens with zero attached hydrogens (tertiary/aromatic N) is 2. The van der Waals surface area contributed by atoms with E-state index in [1.54, 1.807) is 6.20 Å². The number of rotatable bonds is 7. The monoisotopic (exact) mass is 292 g/mol. The van der Waals surface area contributed by atoms with Gasteiger partial charge in [0, 0.05) is 18.9 Å². The molecule has 1 aromatic heterocycles. The van der Waals surface area contributed by atoms with Crippen LogP contribution in [0.5, 0.6) is 0 Å². The summed E-state index contributed by atoms with van der Waals surface area (Å²) >= 11 is 0. The molecule has 1 aliphatic carbocycles. The highest BCUT2D eigenvalue weighted by Crippen LogP contribution is 2.44. The van der Waals surface area contributed by atoms with Crippen LogP contribution in [-0.2, 0) is 18.3 Å². The summed E-state index contributed by atoms with van der Waals surface area (Å²) in [6.45, 7) is 2.22. The summed E-state index contributed by atoms with van der Waals surface area (Å²) in [7, 11) is 1.92. The molecule has 0 spiro atoms. The molecule has 0 atom stereocenters. The summed E-state index contributed by atoms with van der Waals surface area (Å²) < 4.78 is 1.85. The third-order valence-corrected chi connectivity index (χ3v) is 5.26. The molecule has 1 aliphatic rings. The summed E-state index contributed by atoms with van der Waals surface area (Å²) in [5.41, 5.74) is 0.621. The number of aryl methyl sites for hydroxylation is 2. The van der Waals surface area contributed by atoms with Gasteiger partial charge in [0.15, 0.2) is 0 Å². The molecule has 21 heavy (non-hydrogen) atoms. The predicted molar refractivity (Wildman–Crippen MR) is 83.1 cm³/mol. The minimum absolute atomic E-state index is 0.507. The Labute approximate surface area is 127 Å². The molecule has 4 heteroatoms. The largest absolute Gasteiger partial charge is 0.481 e. The Morgan fingerprint density at radius 2 is 2.19 bits per heavy atom. The Kier molecular flexibility index (Phi) is 5.43. The highest BCUT2D eigenvalue weighted by Gasteiger charge is 2.41. The maximum Gasteiger partial charge on any atom is 0.309 e. The van der Waals surface area contributed by atoms with Crippen molar-refractivity contribution in [2.75, 3.05) is 0 Å². The number of aromatic nitrogens is 2. The lowest BCUT2D eigenvalue weighted by atomic mass is 9.67. The van der Waals surface area contributed by atoms with E-state index in [1.807, 2.05) is 17.8 Å². The van der Waals surface area contributed by atoms with Gasteiger partial charge in [0.2, 0.25) is 0 Å². The Hall–Kier alpha value is -1.32. The summed E-state index contributed by atoms with van der Waals surface area (Å²) in [5, 5.41) is 13.9. The highest BCUT2D eigenvalue weighted by molar-refractivity contribution is 5.74. The molecule has 0 radical (unpaired) electrons. The van der Waals surface area contributed by atoms with Gasteiger partial charge in [-0.3, -0.25) is 9.48 Å². The number of carbonyl (C=O) groups is 1.